The molecule has 0 atom stereocenters. The second-order valence-corrected chi connectivity index (χ2v) is 4.27. The Labute approximate surface area is 116 Å². The van der Waals surface area contributed by atoms with E-state index in [-0.39, 0.29) is 18.3 Å². The van der Waals surface area contributed by atoms with Gasteiger partial charge in [-0.1, -0.05) is 12.1 Å². The topological polar surface area (TPSA) is 64.3 Å². The lowest BCUT2D eigenvalue weighted by Crippen LogP contribution is -2.23. The van der Waals surface area contributed by atoms with E-state index in [1.807, 2.05) is 0 Å². The molecule has 2 aromatic rings. The van der Waals surface area contributed by atoms with Gasteiger partial charge in [0.2, 0.25) is 0 Å². The average Bonchev–Trinajstić information content (AvgIpc) is 2.44. The molecule has 2 rings (SSSR count). The van der Waals surface area contributed by atoms with Gasteiger partial charge in [0.25, 0.3) is 5.91 Å². The number of carbonyl (C=O) groups excluding carboxylic acids is 1. The zero-order chi connectivity index (χ0) is 14.5. The number of hydrogen-bond acceptors (Lipinski definition) is 3. The molecule has 3 N–H and O–H groups in total. The van der Waals surface area contributed by atoms with Crippen LogP contribution in [0.3, 0.4) is 0 Å². The number of halogens is 1. The fourth-order valence-electron chi connectivity index (χ4n) is 1.80. The predicted molar refractivity (Wildman–Crippen MR) is 75.0 cm³/mol. The monoisotopic (exact) mass is 274 g/mol. The molecule has 0 radical (unpaired) electrons. The molecule has 104 valence electrons. The van der Waals surface area contributed by atoms with Gasteiger partial charge in [0.1, 0.15) is 11.6 Å². The number of nitrogen functional groups attached to an aromatic ring is 1. The molecule has 0 unspecified atom stereocenters. The molecule has 0 aliphatic rings. The zero-order valence-corrected chi connectivity index (χ0v) is 11.0. The fraction of sp³-hybridized carbons (Fsp3) is 0.133. The van der Waals surface area contributed by atoms with Gasteiger partial charge in [0.15, 0.2) is 0 Å². The van der Waals surface area contributed by atoms with Crippen LogP contribution in [-0.2, 0) is 6.54 Å². The van der Waals surface area contributed by atoms with Crippen LogP contribution in [0.1, 0.15) is 15.9 Å². The van der Waals surface area contributed by atoms with Gasteiger partial charge in [-0.3, -0.25) is 4.79 Å². The quantitative estimate of drug-likeness (QED) is 0.841. The third-order valence-corrected chi connectivity index (χ3v) is 2.85. The average molecular weight is 274 g/mol. The Bertz CT molecular complexity index is 629. The van der Waals surface area contributed by atoms with Gasteiger partial charge in [0, 0.05) is 18.3 Å². The summed E-state index contributed by atoms with van der Waals surface area (Å²) < 4.78 is 18.0. The third-order valence-electron chi connectivity index (χ3n) is 2.85. The first-order chi connectivity index (χ1) is 9.60. The van der Waals surface area contributed by atoms with Gasteiger partial charge in [-0.05, 0) is 29.8 Å². The highest BCUT2D eigenvalue weighted by molar-refractivity contribution is 5.99. The van der Waals surface area contributed by atoms with E-state index >= 15 is 0 Å². The van der Waals surface area contributed by atoms with Crippen molar-refractivity contribution in [3.63, 3.8) is 0 Å². The molecular weight excluding hydrogens is 259 g/mol. The summed E-state index contributed by atoms with van der Waals surface area (Å²) in [5.41, 5.74) is 7.17. The summed E-state index contributed by atoms with van der Waals surface area (Å²) in [5, 5.41) is 2.69. The Balaban J connectivity index is 2.05. The molecule has 1 amide bonds. The fourth-order valence-corrected chi connectivity index (χ4v) is 1.80. The van der Waals surface area contributed by atoms with Crippen LogP contribution in [0, 0.1) is 5.82 Å². The molecule has 0 bridgehead atoms. The minimum absolute atomic E-state index is 0.238. The van der Waals surface area contributed by atoms with Gasteiger partial charge in [-0.25, -0.2) is 4.39 Å². The molecule has 20 heavy (non-hydrogen) atoms. The van der Waals surface area contributed by atoms with E-state index < -0.39 is 0 Å². The van der Waals surface area contributed by atoms with Crippen LogP contribution in [0.2, 0.25) is 0 Å². The van der Waals surface area contributed by atoms with E-state index in [0.29, 0.717) is 22.6 Å². The summed E-state index contributed by atoms with van der Waals surface area (Å²) in [6.45, 7) is 0.238. The van der Waals surface area contributed by atoms with Crippen molar-refractivity contribution in [1.82, 2.24) is 5.32 Å². The van der Waals surface area contributed by atoms with E-state index in [1.54, 1.807) is 30.3 Å². The SMILES string of the molecule is COc1ccc(C(=O)NCc2cccc(F)c2)c(N)c1. The van der Waals surface area contributed by atoms with Crippen molar-refractivity contribution in [2.24, 2.45) is 0 Å². The Kier molecular flexibility index (Phi) is 4.20. The van der Waals surface area contributed by atoms with Crippen molar-refractivity contribution >= 4 is 11.6 Å². The highest BCUT2D eigenvalue weighted by atomic mass is 19.1. The zero-order valence-electron chi connectivity index (χ0n) is 11.0. The largest absolute Gasteiger partial charge is 0.497 e. The lowest BCUT2D eigenvalue weighted by Gasteiger charge is -2.09. The lowest BCUT2D eigenvalue weighted by molar-refractivity contribution is 0.0951. The first kappa shape index (κ1) is 13.9. The molecule has 0 saturated heterocycles. The Morgan fingerprint density at radius 3 is 2.75 bits per heavy atom. The summed E-state index contributed by atoms with van der Waals surface area (Å²) >= 11 is 0. The van der Waals surface area contributed by atoms with E-state index in [4.69, 9.17) is 10.5 Å². The van der Waals surface area contributed by atoms with Gasteiger partial charge < -0.3 is 15.8 Å². The first-order valence-corrected chi connectivity index (χ1v) is 6.06. The van der Waals surface area contributed by atoms with E-state index in [9.17, 15) is 9.18 Å². The van der Waals surface area contributed by atoms with Crippen molar-refractivity contribution in [2.75, 3.05) is 12.8 Å². The van der Waals surface area contributed by atoms with Crippen LogP contribution in [0.5, 0.6) is 5.75 Å². The molecule has 0 aromatic heterocycles. The first-order valence-electron chi connectivity index (χ1n) is 6.06. The van der Waals surface area contributed by atoms with Crippen LogP contribution >= 0.6 is 0 Å². The van der Waals surface area contributed by atoms with Crippen LogP contribution in [0.25, 0.3) is 0 Å². The smallest absolute Gasteiger partial charge is 0.253 e. The number of nitrogens with one attached hydrogen (secondary N) is 1. The second-order valence-electron chi connectivity index (χ2n) is 4.27. The molecule has 0 spiro atoms. The normalized spacial score (nSPS) is 10.1. The van der Waals surface area contributed by atoms with Crippen molar-refractivity contribution in [3.8, 4) is 5.75 Å². The van der Waals surface area contributed by atoms with Crippen molar-refractivity contribution in [1.29, 1.82) is 0 Å². The molecule has 2 aromatic carbocycles. The van der Waals surface area contributed by atoms with E-state index in [1.165, 1.54) is 19.2 Å². The van der Waals surface area contributed by atoms with Crippen LogP contribution in [0.15, 0.2) is 42.5 Å². The number of benzene rings is 2. The number of nitrogens with two attached hydrogens (primary N) is 1. The second kappa shape index (κ2) is 6.06. The maximum atomic E-state index is 13.0. The van der Waals surface area contributed by atoms with Gasteiger partial charge in [-0.15, -0.1) is 0 Å². The summed E-state index contributed by atoms with van der Waals surface area (Å²) in [6.07, 6.45) is 0. The molecule has 4 nitrogen and oxygen atoms in total. The van der Waals surface area contributed by atoms with Gasteiger partial charge in [-0.2, -0.15) is 0 Å². The number of ether oxygens (including phenoxy) is 1. The summed E-state index contributed by atoms with van der Waals surface area (Å²) in [5.74, 6) is -0.0562. The maximum absolute atomic E-state index is 13.0. The summed E-state index contributed by atoms with van der Waals surface area (Å²) in [6, 6.07) is 10.9. The minimum atomic E-state index is -0.333. The number of carbonyl (C=O) groups is 1. The predicted octanol–water partition coefficient (Wildman–Crippen LogP) is 2.35. The Morgan fingerprint density at radius 2 is 2.10 bits per heavy atom. The number of amides is 1. The van der Waals surface area contributed by atoms with Crippen molar-refractivity contribution in [2.45, 2.75) is 6.54 Å². The maximum Gasteiger partial charge on any atom is 0.253 e. The minimum Gasteiger partial charge on any atom is -0.497 e. The van der Waals surface area contributed by atoms with E-state index in [0.717, 1.165) is 0 Å². The highest BCUT2D eigenvalue weighted by Gasteiger charge is 2.10. The molecule has 5 heteroatoms. The highest BCUT2D eigenvalue weighted by Crippen LogP contribution is 2.19. The number of rotatable bonds is 4. The molecule has 0 fully saturated rings. The van der Waals surface area contributed by atoms with Crippen molar-refractivity contribution in [3.05, 3.63) is 59.4 Å². The summed E-state index contributed by atoms with van der Waals surface area (Å²) in [4.78, 5) is 12.0. The van der Waals surface area contributed by atoms with Gasteiger partial charge >= 0.3 is 0 Å². The summed E-state index contributed by atoms with van der Waals surface area (Å²) in [7, 11) is 1.53. The molecule has 0 heterocycles. The van der Waals surface area contributed by atoms with Crippen LogP contribution < -0.4 is 15.8 Å². The van der Waals surface area contributed by atoms with Crippen molar-refractivity contribution < 1.29 is 13.9 Å². The number of anilines is 1. The molecule has 0 aliphatic carbocycles. The van der Waals surface area contributed by atoms with E-state index in [2.05, 4.69) is 5.32 Å². The third kappa shape index (κ3) is 3.26. The van der Waals surface area contributed by atoms with Gasteiger partial charge in [0.05, 0.1) is 12.7 Å². The molecule has 0 saturated carbocycles. The standard InChI is InChI=1S/C15H15FN2O2/c1-20-12-5-6-13(14(17)8-12)15(19)18-9-10-3-2-4-11(16)7-10/h2-8H,9,17H2,1H3,(H,18,19). The number of hydrogen-bond donors (Lipinski definition) is 2. The number of methoxy groups -OCH3 is 1. The Morgan fingerprint density at radius 1 is 1.30 bits per heavy atom. The molecule has 0 aliphatic heterocycles. The van der Waals surface area contributed by atoms with Crippen LogP contribution in [-0.4, -0.2) is 13.0 Å². The molecular formula is C15H15FN2O2. The van der Waals surface area contributed by atoms with Crippen LogP contribution in [0.4, 0.5) is 10.1 Å². The lowest BCUT2D eigenvalue weighted by atomic mass is 10.1. The Hall–Kier alpha value is -2.56.